The number of rotatable bonds is 1. The highest BCUT2D eigenvalue weighted by atomic mass is 16.6. The lowest BCUT2D eigenvalue weighted by Crippen LogP contribution is -2.78. The molecule has 26 heavy (non-hydrogen) atoms. The minimum absolute atomic E-state index is 0.00979. The number of piperidine rings is 1. The first-order valence-corrected chi connectivity index (χ1v) is 10.0. The number of hydrogen-bond acceptors (Lipinski definition) is 5. The van der Waals surface area contributed by atoms with E-state index >= 15 is 0 Å². The molecule has 0 amide bonds. The minimum atomic E-state index is -0.202. The number of epoxide rings is 1. The van der Waals surface area contributed by atoms with Crippen molar-refractivity contribution >= 4 is 11.7 Å². The molecular formula is C21H24N2O3. The van der Waals surface area contributed by atoms with E-state index in [1.54, 1.807) is 7.11 Å². The normalized spacial score (nSPS) is 51.7. The maximum absolute atomic E-state index is 13.0. The van der Waals surface area contributed by atoms with E-state index in [4.69, 9.17) is 9.47 Å². The molecule has 7 unspecified atom stereocenters. The molecule has 3 aliphatic carbocycles. The highest BCUT2D eigenvalue weighted by Crippen LogP contribution is 2.76. The summed E-state index contributed by atoms with van der Waals surface area (Å²) in [6.45, 7) is 2.19. The van der Waals surface area contributed by atoms with Crippen LogP contribution in [0.25, 0.3) is 0 Å². The third kappa shape index (κ3) is 1.23. The van der Waals surface area contributed by atoms with Crippen molar-refractivity contribution in [3.05, 3.63) is 29.8 Å². The monoisotopic (exact) mass is 352 g/mol. The van der Waals surface area contributed by atoms with Gasteiger partial charge in [0.2, 0.25) is 0 Å². The van der Waals surface area contributed by atoms with Crippen LogP contribution in [0, 0.1) is 11.3 Å². The van der Waals surface area contributed by atoms with Crippen molar-refractivity contribution in [1.82, 2.24) is 4.90 Å². The molecule has 1 N–H and O–H groups in total. The SMILES string of the molecule is COC(=O)C1CC23CCC14Nc1ccccc1C41CCN(CC4OC42)C31. The van der Waals surface area contributed by atoms with Gasteiger partial charge in [-0.2, -0.15) is 0 Å². The van der Waals surface area contributed by atoms with E-state index in [0.29, 0.717) is 18.2 Å². The fourth-order valence-electron chi connectivity index (χ4n) is 8.32. The van der Waals surface area contributed by atoms with E-state index in [2.05, 4.69) is 34.5 Å². The largest absolute Gasteiger partial charge is 0.469 e. The number of para-hydroxylation sites is 1. The maximum Gasteiger partial charge on any atom is 0.311 e. The van der Waals surface area contributed by atoms with Crippen molar-refractivity contribution in [1.29, 1.82) is 0 Å². The summed E-state index contributed by atoms with van der Waals surface area (Å²) in [6.07, 6.45) is 4.97. The highest BCUT2D eigenvalue weighted by molar-refractivity contribution is 5.81. The Balaban J connectivity index is 1.54. The van der Waals surface area contributed by atoms with E-state index in [0.717, 1.165) is 38.8 Å². The molecule has 0 aromatic heterocycles. The van der Waals surface area contributed by atoms with Gasteiger partial charge in [0, 0.05) is 29.1 Å². The van der Waals surface area contributed by atoms with E-state index in [1.807, 2.05) is 0 Å². The van der Waals surface area contributed by atoms with Crippen LogP contribution in [0.4, 0.5) is 5.69 Å². The van der Waals surface area contributed by atoms with Gasteiger partial charge < -0.3 is 14.8 Å². The fraction of sp³-hybridized carbons (Fsp3) is 0.667. The molecule has 2 bridgehead atoms. The lowest BCUT2D eigenvalue weighted by molar-refractivity contribution is -0.170. The molecule has 5 nitrogen and oxygen atoms in total. The second-order valence-corrected chi connectivity index (χ2v) is 9.37. The van der Waals surface area contributed by atoms with Crippen molar-refractivity contribution in [2.45, 2.75) is 54.9 Å². The summed E-state index contributed by atoms with van der Waals surface area (Å²) in [5.74, 6) is -0.128. The Labute approximate surface area is 153 Å². The third-order valence-electron chi connectivity index (χ3n) is 8.94. The summed E-state index contributed by atoms with van der Waals surface area (Å²) in [4.78, 5) is 15.7. The molecule has 3 saturated carbocycles. The quantitative estimate of drug-likeness (QED) is 0.618. The molecule has 5 heteroatoms. The standard InChI is InChI=1S/C21H24N2O3/c1-25-17(24)13-10-19-6-7-21(13)20(12-4-2-3-5-14(12)22-21)8-9-23(18(19)20)11-15-16(19)26-15/h2-5,13,15-16,18,22H,6-11H2,1H3. The second-order valence-electron chi connectivity index (χ2n) is 9.37. The van der Waals surface area contributed by atoms with Gasteiger partial charge in [0.15, 0.2) is 0 Å². The summed E-state index contributed by atoms with van der Waals surface area (Å²) < 4.78 is 11.5. The van der Waals surface area contributed by atoms with Crippen LogP contribution >= 0.6 is 0 Å². The first-order valence-electron chi connectivity index (χ1n) is 10.0. The number of esters is 1. The van der Waals surface area contributed by atoms with E-state index in [9.17, 15) is 4.79 Å². The molecule has 3 spiro atoms. The Hall–Kier alpha value is -1.59. The molecule has 1 aromatic carbocycles. The number of benzene rings is 1. The minimum Gasteiger partial charge on any atom is -0.469 e. The molecule has 7 atom stereocenters. The number of methoxy groups -OCH3 is 1. The maximum atomic E-state index is 13.0. The van der Waals surface area contributed by atoms with E-state index < -0.39 is 0 Å². The van der Waals surface area contributed by atoms with Crippen LogP contribution in [0.1, 0.15) is 31.2 Å². The van der Waals surface area contributed by atoms with Crippen LogP contribution in [0.15, 0.2) is 24.3 Å². The first kappa shape index (κ1) is 14.5. The van der Waals surface area contributed by atoms with Crippen molar-refractivity contribution in [2.24, 2.45) is 11.3 Å². The van der Waals surface area contributed by atoms with Crippen LogP contribution in [-0.4, -0.2) is 54.9 Å². The second kappa shape index (κ2) is 4.12. The van der Waals surface area contributed by atoms with Crippen LogP contribution in [0.3, 0.4) is 0 Å². The average Bonchev–Trinajstić information content (AvgIpc) is 3.26. The number of carbonyl (C=O) groups excluding carboxylic acids is 1. The van der Waals surface area contributed by atoms with Crippen molar-refractivity contribution in [3.8, 4) is 0 Å². The molecule has 4 aliphatic heterocycles. The smallest absolute Gasteiger partial charge is 0.311 e. The lowest BCUT2D eigenvalue weighted by atomic mass is 9.39. The topological polar surface area (TPSA) is 54.1 Å². The summed E-state index contributed by atoms with van der Waals surface area (Å²) in [6, 6.07) is 9.28. The van der Waals surface area contributed by atoms with Crippen LogP contribution in [-0.2, 0) is 19.7 Å². The Morgan fingerprint density at radius 1 is 1.31 bits per heavy atom. The van der Waals surface area contributed by atoms with Gasteiger partial charge in [0.1, 0.15) is 0 Å². The zero-order chi connectivity index (χ0) is 17.3. The number of anilines is 1. The van der Waals surface area contributed by atoms with Crippen molar-refractivity contribution in [3.63, 3.8) is 0 Å². The zero-order valence-electron chi connectivity index (χ0n) is 15.0. The fourth-order valence-corrected chi connectivity index (χ4v) is 8.32. The molecule has 8 rings (SSSR count). The molecule has 3 saturated heterocycles. The van der Waals surface area contributed by atoms with Gasteiger partial charge in [-0.15, -0.1) is 0 Å². The van der Waals surface area contributed by atoms with Gasteiger partial charge in [-0.1, -0.05) is 18.2 Å². The van der Waals surface area contributed by atoms with Crippen LogP contribution < -0.4 is 5.32 Å². The van der Waals surface area contributed by atoms with Gasteiger partial charge >= 0.3 is 5.97 Å². The number of nitrogens with one attached hydrogen (secondary N) is 1. The van der Waals surface area contributed by atoms with Gasteiger partial charge in [0.25, 0.3) is 0 Å². The van der Waals surface area contributed by atoms with Gasteiger partial charge in [-0.25, -0.2) is 0 Å². The van der Waals surface area contributed by atoms with Crippen molar-refractivity contribution < 1.29 is 14.3 Å². The zero-order valence-corrected chi connectivity index (χ0v) is 15.0. The highest BCUT2D eigenvalue weighted by Gasteiger charge is 2.83. The van der Waals surface area contributed by atoms with Gasteiger partial charge in [-0.05, 0) is 43.9 Å². The molecule has 7 aliphatic rings. The lowest BCUT2D eigenvalue weighted by Gasteiger charge is -2.68. The van der Waals surface area contributed by atoms with Gasteiger partial charge in [0.05, 0.1) is 30.8 Å². The number of fused-ring (bicyclic) bond motifs is 4. The average molecular weight is 352 g/mol. The summed E-state index contributed by atoms with van der Waals surface area (Å²) in [5, 5.41) is 3.91. The first-order chi connectivity index (χ1) is 12.7. The molecule has 136 valence electrons. The Kier molecular flexibility index (Phi) is 2.29. The third-order valence-corrected chi connectivity index (χ3v) is 8.94. The molecule has 0 radical (unpaired) electrons. The molecular weight excluding hydrogens is 328 g/mol. The van der Waals surface area contributed by atoms with Crippen LogP contribution in [0.5, 0.6) is 0 Å². The van der Waals surface area contributed by atoms with Crippen LogP contribution in [0.2, 0.25) is 0 Å². The van der Waals surface area contributed by atoms with E-state index in [-0.39, 0.29) is 28.3 Å². The number of ether oxygens (including phenoxy) is 2. The summed E-state index contributed by atoms with van der Waals surface area (Å²) in [7, 11) is 1.55. The molecule has 1 aromatic rings. The Morgan fingerprint density at radius 2 is 2.19 bits per heavy atom. The number of carbonyl (C=O) groups is 1. The molecule has 4 heterocycles. The van der Waals surface area contributed by atoms with Crippen molar-refractivity contribution in [2.75, 3.05) is 25.5 Å². The number of nitrogens with zero attached hydrogens (tertiary/aromatic N) is 1. The number of hydrogen-bond donors (Lipinski definition) is 1. The molecule has 6 fully saturated rings. The Morgan fingerprint density at radius 3 is 3.08 bits per heavy atom. The summed E-state index contributed by atoms with van der Waals surface area (Å²) in [5.41, 5.74) is 2.59. The summed E-state index contributed by atoms with van der Waals surface area (Å²) >= 11 is 0. The van der Waals surface area contributed by atoms with Gasteiger partial charge in [-0.3, -0.25) is 9.69 Å². The van der Waals surface area contributed by atoms with E-state index in [1.165, 1.54) is 11.3 Å². The predicted molar refractivity (Wildman–Crippen MR) is 94.9 cm³/mol. The Bertz CT molecular complexity index is 857. The predicted octanol–water partition coefficient (Wildman–Crippen LogP) is 1.92.